The Morgan fingerprint density at radius 1 is 1.33 bits per heavy atom. The summed E-state index contributed by atoms with van der Waals surface area (Å²) in [5.74, 6) is 1.35. The van der Waals surface area contributed by atoms with E-state index in [-0.39, 0.29) is 0 Å². The molecule has 0 bridgehead atoms. The molecule has 2 unspecified atom stereocenters. The molecule has 2 aromatic rings. The van der Waals surface area contributed by atoms with Crippen molar-refractivity contribution in [2.45, 2.75) is 32.4 Å². The molecule has 3 rings (SSSR count). The second-order valence-electron chi connectivity index (χ2n) is 5.90. The summed E-state index contributed by atoms with van der Waals surface area (Å²) in [6.45, 7) is 4.93. The van der Waals surface area contributed by atoms with Crippen molar-refractivity contribution in [3.8, 4) is 11.5 Å². The van der Waals surface area contributed by atoms with E-state index in [0.717, 1.165) is 24.3 Å². The van der Waals surface area contributed by atoms with Crippen LogP contribution in [0.25, 0.3) is 11.5 Å². The SMILES string of the molecule is CC1CCCN(Cc2coc(-c3ccccc3)n2)C1CN. The number of oxazole rings is 1. The third-order valence-corrected chi connectivity index (χ3v) is 4.41. The fourth-order valence-corrected chi connectivity index (χ4v) is 3.21. The fourth-order valence-electron chi connectivity index (χ4n) is 3.21. The van der Waals surface area contributed by atoms with Crippen LogP contribution < -0.4 is 5.73 Å². The maximum atomic E-state index is 5.95. The van der Waals surface area contributed by atoms with Crippen molar-refractivity contribution >= 4 is 0 Å². The summed E-state index contributed by atoms with van der Waals surface area (Å²) in [5, 5.41) is 0. The van der Waals surface area contributed by atoms with Crippen molar-refractivity contribution in [1.82, 2.24) is 9.88 Å². The summed E-state index contributed by atoms with van der Waals surface area (Å²) in [5.41, 5.74) is 7.96. The highest BCUT2D eigenvalue weighted by molar-refractivity contribution is 5.52. The Labute approximate surface area is 126 Å². The van der Waals surface area contributed by atoms with Crippen molar-refractivity contribution in [1.29, 1.82) is 0 Å². The van der Waals surface area contributed by atoms with E-state index >= 15 is 0 Å². The topological polar surface area (TPSA) is 55.3 Å². The first-order valence-electron chi connectivity index (χ1n) is 7.72. The van der Waals surface area contributed by atoms with Gasteiger partial charge in [-0.25, -0.2) is 4.98 Å². The van der Waals surface area contributed by atoms with Crippen molar-refractivity contribution in [3.63, 3.8) is 0 Å². The van der Waals surface area contributed by atoms with Crippen LogP contribution in [0.4, 0.5) is 0 Å². The molecule has 2 heterocycles. The van der Waals surface area contributed by atoms with Gasteiger partial charge in [-0.1, -0.05) is 25.1 Å². The van der Waals surface area contributed by atoms with Gasteiger partial charge in [0.25, 0.3) is 0 Å². The van der Waals surface area contributed by atoms with Crippen molar-refractivity contribution in [3.05, 3.63) is 42.3 Å². The minimum atomic E-state index is 0.454. The molecule has 1 aliphatic heterocycles. The molecule has 0 saturated carbocycles. The van der Waals surface area contributed by atoms with E-state index in [1.54, 1.807) is 6.26 Å². The quantitative estimate of drug-likeness (QED) is 0.938. The third kappa shape index (κ3) is 3.17. The normalized spacial score (nSPS) is 23.3. The van der Waals surface area contributed by atoms with Crippen LogP contribution in [0.2, 0.25) is 0 Å². The van der Waals surface area contributed by atoms with Crippen LogP contribution in [0.3, 0.4) is 0 Å². The number of likely N-dealkylation sites (tertiary alicyclic amines) is 1. The summed E-state index contributed by atoms with van der Waals surface area (Å²) in [6, 6.07) is 10.5. The molecule has 1 aliphatic rings. The zero-order chi connectivity index (χ0) is 14.7. The van der Waals surface area contributed by atoms with Crippen molar-refractivity contribution in [2.75, 3.05) is 13.1 Å². The Bertz CT molecular complexity index is 566. The average molecular weight is 285 g/mol. The predicted octanol–water partition coefficient (Wildman–Crippen LogP) is 2.90. The van der Waals surface area contributed by atoms with Gasteiger partial charge < -0.3 is 10.2 Å². The highest BCUT2D eigenvalue weighted by Gasteiger charge is 2.27. The molecule has 4 nitrogen and oxygen atoms in total. The van der Waals surface area contributed by atoms with Crippen LogP contribution in [0.5, 0.6) is 0 Å². The number of benzene rings is 1. The zero-order valence-electron chi connectivity index (χ0n) is 12.5. The van der Waals surface area contributed by atoms with Crippen LogP contribution in [-0.2, 0) is 6.54 Å². The molecule has 21 heavy (non-hydrogen) atoms. The Hall–Kier alpha value is -1.65. The lowest BCUT2D eigenvalue weighted by atomic mass is 9.91. The highest BCUT2D eigenvalue weighted by Crippen LogP contribution is 2.25. The number of hydrogen-bond donors (Lipinski definition) is 1. The number of hydrogen-bond acceptors (Lipinski definition) is 4. The van der Waals surface area contributed by atoms with E-state index in [9.17, 15) is 0 Å². The van der Waals surface area contributed by atoms with E-state index in [2.05, 4.69) is 16.8 Å². The van der Waals surface area contributed by atoms with Gasteiger partial charge >= 0.3 is 0 Å². The van der Waals surface area contributed by atoms with Gasteiger partial charge in [0.05, 0.1) is 5.69 Å². The fraction of sp³-hybridized carbons (Fsp3) is 0.471. The summed E-state index contributed by atoms with van der Waals surface area (Å²) in [6.07, 6.45) is 4.28. The first-order chi connectivity index (χ1) is 10.3. The van der Waals surface area contributed by atoms with E-state index < -0.39 is 0 Å². The molecule has 1 aromatic heterocycles. The zero-order valence-corrected chi connectivity index (χ0v) is 12.5. The van der Waals surface area contributed by atoms with Gasteiger partial charge in [0.15, 0.2) is 0 Å². The van der Waals surface area contributed by atoms with E-state index in [4.69, 9.17) is 10.2 Å². The van der Waals surface area contributed by atoms with Gasteiger partial charge in [-0.15, -0.1) is 0 Å². The highest BCUT2D eigenvalue weighted by atomic mass is 16.3. The van der Waals surface area contributed by atoms with E-state index in [0.29, 0.717) is 24.4 Å². The van der Waals surface area contributed by atoms with Crippen LogP contribution >= 0.6 is 0 Å². The standard InChI is InChI=1S/C17H23N3O/c1-13-6-5-9-20(16(13)10-18)11-15-12-21-17(19-15)14-7-3-2-4-8-14/h2-4,7-8,12-13,16H,5-6,9-11,18H2,1H3. The molecule has 0 spiro atoms. The number of piperidine rings is 1. The summed E-state index contributed by atoms with van der Waals surface area (Å²) in [4.78, 5) is 7.06. The molecule has 0 amide bonds. The Balaban J connectivity index is 1.72. The summed E-state index contributed by atoms with van der Waals surface area (Å²) >= 11 is 0. The maximum Gasteiger partial charge on any atom is 0.226 e. The molecule has 112 valence electrons. The van der Waals surface area contributed by atoms with Gasteiger partial charge in [0.1, 0.15) is 6.26 Å². The Morgan fingerprint density at radius 3 is 2.90 bits per heavy atom. The second-order valence-corrected chi connectivity index (χ2v) is 5.90. The summed E-state index contributed by atoms with van der Waals surface area (Å²) < 4.78 is 5.62. The smallest absolute Gasteiger partial charge is 0.226 e. The lowest BCUT2D eigenvalue weighted by molar-refractivity contribution is 0.0977. The van der Waals surface area contributed by atoms with Crippen LogP contribution in [0.15, 0.2) is 41.0 Å². The Kier molecular flexibility index (Phi) is 4.36. The molecule has 2 N–H and O–H groups in total. The maximum absolute atomic E-state index is 5.95. The summed E-state index contributed by atoms with van der Waals surface area (Å²) in [7, 11) is 0. The van der Waals surface area contributed by atoms with Crippen LogP contribution in [-0.4, -0.2) is 29.0 Å². The molecule has 1 aromatic carbocycles. The lowest BCUT2D eigenvalue weighted by Gasteiger charge is -2.38. The van der Waals surface area contributed by atoms with Crippen LogP contribution in [0, 0.1) is 5.92 Å². The van der Waals surface area contributed by atoms with Crippen LogP contribution in [0.1, 0.15) is 25.5 Å². The molecule has 1 saturated heterocycles. The van der Waals surface area contributed by atoms with Gasteiger partial charge in [-0.3, -0.25) is 4.90 Å². The van der Waals surface area contributed by atoms with E-state index in [1.165, 1.54) is 12.8 Å². The number of nitrogens with zero attached hydrogens (tertiary/aromatic N) is 2. The minimum Gasteiger partial charge on any atom is -0.444 e. The number of nitrogens with two attached hydrogens (primary N) is 1. The molecule has 0 radical (unpaired) electrons. The molecule has 4 heteroatoms. The molecule has 0 aliphatic carbocycles. The lowest BCUT2D eigenvalue weighted by Crippen LogP contribution is -2.48. The second kappa shape index (κ2) is 6.41. The number of rotatable bonds is 4. The van der Waals surface area contributed by atoms with Crippen molar-refractivity contribution < 1.29 is 4.42 Å². The van der Waals surface area contributed by atoms with Gasteiger partial charge in [-0.2, -0.15) is 0 Å². The van der Waals surface area contributed by atoms with E-state index in [1.807, 2.05) is 30.3 Å². The van der Waals surface area contributed by atoms with Crippen molar-refractivity contribution in [2.24, 2.45) is 11.7 Å². The predicted molar refractivity (Wildman–Crippen MR) is 83.6 cm³/mol. The first kappa shape index (κ1) is 14.3. The molecule has 1 fully saturated rings. The monoisotopic (exact) mass is 285 g/mol. The van der Waals surface area contributed by atoms with Gasteiger partial charge in [0.2, 0.25) is 5.89 Å². The third-order valence-electron chi connectivity index (χ3n) is 4.41. The molecular weight excluding hydrogens is 262 g/mol. The first-order valence-corrected chi connectivity index (χ1v) is 7.72. The number of aromatic nitrogens is 1. The Morgan fingerprint density at radius 2 is 2.14 bits per heavy atom. The average Bonchev–Trinajstić information content (AvgIpc) is 2.97. The molecule has 2 atom stereocenters. The molecular formula is C17H23N3O. The van der Waals surface area contributed by atoms with Gasteiger partial charge in [0, 0.05) is 24.7 Å². The minimum absolute atomic E-state index is 0.454. The largest absolute Gasteiger partial charge is 0.444 e. The van der Waals surface area contributed by atoms with Gasteiger partial charge in [-0.05, 0) is 37.4 Å².